The smallest absolute Gasteiger partial charge is 0.322 e. The second kappa shape index (κ2) is 9.62. The standard InChI is InChI=1S/C20H27N5O4/c1-2-6-17-19(25(28)29)18(23-22-17)20(27)21-11-14-7-3-4-8-15(14)12-24-10-5-9-16(24)13-26/h3-4,7-8,16,26H,2,5-6,9-13H2,1H3,(H,21,27)(H,22,23). The van der Waals surface area contributed by atoms with Gasteiger partial charge in [-0.05, 0) is 36.9 Å². The van der Waals surface area contributed by atoms with Crippen LogP contribution < -0.4 is 5.32 Å². The van der Waals surface area contributed by atoms with Crippen molar-refractivity contribution in [3.05, 3.63) is 56.9 Å². The highest BCUT2D eigenvalue weighted by Crippen LogP contribution is 2.23. The first-order valence-corrected chi connectivity index (χ1v) is 9.96. The molecule has 0 spiro atoms. The van der Waals surface area contributed by atoms with Crippen LogP contribution in [0.1, 0.15) is 53.5 Å². The van der Waals surface area contributed by atoms with Crippen LogP contribution in [0.4, 0.5) is 5.69 Å². The Morgan fingerprint density at radius 2 is 2.17 bits per heavy atom. The minimum atomic E-state index is -0.570. The molecule has 2 heterocycles. The van der Waals surface area contributed by atoms with Gasteiger partial charge in [-0.2, -0.15) is 5.10 Å². The number of hydrogen-bond acceptors (Lipinski definition) is 6. The molecule has 3 N–H and O–H groups in total. The summed E-state index contributed by atoms with van der Waals surface area (Å²) >= 11 is 0. The summed E-state index contributed by atoms with van der Waals surface area (Å²) in [5.41, 5.74) is 1.94. The van der Waals surface area contributed by atoms with E-state index in [4.69, 9.17) is 0 Å². The molecular formula is C20H27N5O4. The van der Waals surface area contributed by atoms with Gasteiger partial charge in [0.15, 0.2) is 0 Å². The number of rotatable bonds is 9. The van der Waals surface area contributed by atoms with Crippen molar-refractivity contribution in [1.82, 2.24) is 20.4 Å². The van der Waals surface area contributed by atoms with E-state index in [1.54, 1.807) is 0 Å². The summed E-state index contributed by atoms with van der Waals surface area (Å²) in [4.78, 5) is 25.7. The summed E-state index contributed by atoms with van der Waals surface area (Å²) in [6.45, 7) is 3.93. The van der Waals surface area contributed by atoms with Crippen LogP contribution in [0.15, 0.2) is 24.3 Å². The largest absolute Gasteiger partial charge is 0.395 e. The van der Waals surface area contributed by atoms with Gasteiger partial charge in [-0.1, -0.05) is 37.6 Å². The number of carbonyl (C=O) groups excluding carboxylic acids is 1. The fourth-order valence-electron chi connectivity index (χ4n) is 3.82. The van der Waals surface area contributed by atoms with Gasteiger partial charge in [-0.3, -0.25) is 24.9 Å². The minimum Gasteiger partial charge on any atom is -0.395 e. The Hall–Kier alpha value is -2.78. The third-order valence-corrected chi connectivity index (χ3v) is 5.35. The fourth-order valence-corrected chi connectivity index (χ4v) is 3.82. The van der Waals surface area contributed by atoms with Crippen LogP contribution in [-0.4, -0.2) is 50.2 Å². The molecule has 1 aliphatic rings. The molecule has 1 fully saturated rings. The third kappa shape index (κ3) is 4.80. The Balaban J connectivity index is 1.71. The number of amides is 1. The van der Waals surface area contributed by atoms with E-state index < -0.39 is 10.8 Å². The third-order valence-electron chi connectivity index (χ3n) is 5.35. The van der Waals surface area contributed by atoms with E-state index in [2.05, 4.69) is 20.4 Å². The molecule has 29 heavy (non-hydrogen) atoms. The molecule has 0 saturated carbocycles. The summed E-state index contributed by atoms with van der Waals surface area (Å²) in [7, 11) is 0. The summed E-state index contributed by atoms with van der Waals surface area (Å²) in [6, 6.07) is 7.95. The Morgan fingerprint density at radius 1 is 1.41 bits per heavy atom. The van der Waals surface area contributed by atoms with Crippen LogP contribution in [0, 0.1) is 10.1 Å². The van der Waals surface area contributed by atoms with E-state index in [1.165, 1.54) is 0 Å². The van der Waals surface area contributed by atoms with Gasteiger partial charge in [0.05, 0.1) is 11.5 Å². The number of nitro groups is 1. The quantitative estimate of drug-likeness (QED) is 0.437. The molecule has 0 radical (unpaired) electrons. The Kier molecular flexibility index (Phi) is 6.95. The first-order chi connectivity index (χ1) is 14.0. The Bertz CT molecular complexity index is 866. The van der Waals surface area contributed by atoms with Gasteiger partial charge in [-0.25, -0.2) is 0 Å². The van der Waals surface area contributed by atoms with Crippen LogP contribution in [0.2, 0.25) is 0 Å². The highest BCUT2D eigenvalue weighted by molar-refractivity contribution is 5.96. The molecule has 1 amide bonds. The summed E-state index contributed by atoms with van der Waals surface area (Å²) < 4.78 is 0. The molecule has 156 valence electrons. The van der Waals surface area contributed by atoms with Crippen molar-refractivity contribution in [3.63, 3.8) is 0 Å². The Labute approximate surface area is 169 Å². The maximum Gasteiger partial charge on any atom is 0.322 e. The van der Waals surface area contributed by atoms with Gasteiger partial charge in [0.2, 0.25) is 5.69 Å². The number of aliphatic hydroxyl groups excluding tert-OH is 1. The second-order valence-corrected chi connectivity index (χ2v) is 7.31. The van der Waals surface area contributed by atoms with Crippen LogP contribution >= 0.6 is 0 Å². The fraction of sp³-hybridized carbons (Fsp3) is 0.500. The van der Waals surface area contributed by atoms with Crippen molar-refractivity contribution in [3.8, 4) is 0 Å². The number of likely N-dealkylation sites (tertiary alicyclic amines) is 1. The van der Waals surface area contributed by atoms with Gasteiger partial charge in [-0.15, -0.1) is 0 Å². The van der Waals surface area contributed by atoms with Crippen LogP contribution in [0.5, 0.6) is 0 Å². The predicted molar refractivity (Wildman–Crippen MR) is 107 cm³/mol. The molecule has 1 saturated heterocycles. The van der Waals surface area contributed by atoms with E-state index in [1.807, 2.05) is 31.2 Å². The molecule has 0 bridgehead atoms. The van der Waals surface area contributed by atoms with Crippen molar-refractivity contribution in [1.29, 1.82) is 0 Å². The molecule has 1 atom stereocenters. The van der Waals surface area contributed by atoms with Gasteiger partial charge in [0.25, 0.3) is 5.91 Å². The molecule has 1 aromatic carbocycles. The number of aromatic amines is 1. The van der Waals surface area contributed by atoms with E-state index in [9.17, 15) is 20.0 Å². The van der Waals surface area contributed by atoms with E-state index >= 15 is 0 Å². The van der Waals surface area contributed by atoms with Crippen molar-refractivity contribution in [2.45, 2.75) is 51.7 Å². The van der Waals surface area contributed by atoms with Crippen LogP contribution in [0.25, 0.3) is 0 Å². The number of benzene rings is 1. The van der Waals surface area contributed by atoms with Gasteiger partial charge < -0.3 is 10.4 Å². The number of nitrogens with zero attached hydrogens (tertiary/aromatic N) is 3. The summed E-state index contributed by atoms with van der Waals surface area (Å²) in [5.74, 6) is -0.570. The zero-order chi connectivity index (χ0) is 20.8. The number of carbonyl (C=O) groups is 1. The SMILES string of the molecule is CCCc1[nH]nc(C(=O)NCc2ccccc2CN2CCCC2CO)c1[N+](=O)[O-]. The summed E-state index contributed by atoms with van der Waals surface area (Å²) in [6.07, 6.45) is 3.22. The number of aromatic nitrogens is 2. The molecule has 0 aliphatic carbocycles. The van der Waals surface area contributed by atoms with Crippen molar-refractivity contribution >= 4 is 11.6 Å². The van der Waals surface area contributed by atoms with E-state index in [0.29, 0.717) is 25.1 Å². The molecule has 2 aromatic rings. The lowest BCUT2D eigenvalue weighted by Gasteiger charge is -2.24. The van der Waals surface area contributed by atoms with Crippen molar-refractivity contribution < 1.29 is 14.8 Å². The molecule has 9 nitrogen and oxygen atoms in total. The average Bonchev–Trinajstić information content (AvgIpc) is 3.34. The van der Waals surface area contributed by atoms with Gasteiger partial charge in [0.1, 0.15) is 5.69 Å². The topological polar surface area (TPSA) is 124 Å². The lowest BCUT2D eigenvalue weighted by Crippen LogP contribution is -2.32. The molecule has 3 rings (SSSR count). The first-order valence-electron chi connectivity index (χ1n) is 9.96. The van der Waals surface area contributed by atoms with Gasteiger partial charge >= 0.3 is 5.69 Å². The normalized spacial score (nSPS) is 16.8. The highest BCUT2D eigenvalue weighted by Gasteiger charge is 2.29. The van der Waals surface area contributed by atoms with E-state index in [-0.39, 0.29) is 30.6 Å². The number of aryl methyl sites for hydroxylation is 1. The lowest BCUT2D eigenvalue weighted by molar-refractivity contribution is -0.385. The molecule has 1 aromatic heterocycles. The monoisotopic (exact) mass is 401 g/mol. The minimum absolute atomic E-state index is 0.141. The van der Waals surface area contributed by atoms with Crippen LogP contribution in [-0.2, 0) is 19.5 Å². The maximum atomic E-state index is 12.6. The second-order valence-electron chi connectivity index (χ2n) is 7.31. The highest BCUT2D eigenvalue weighted by atomic mass is 16.6. The average molecular weight is 401 g/mol. The number of H-pyrrole nitrogens is 1. The zero-order valence-corrected chi connectivity index (χ0v) is 16.6. The zero-order valence-electron chi connectivity index (χ0n) is 16.6. The molecule has 9 heteroatoms. The maximum absolute atomic E-state index is 12.6. The van der Waals surface area contributed by atoms with E-state index in [0.717, 1.165) is 30.5 Å². The number of aliphatic hydroxyl groups is 1. The van der Waals surface area contributed by atoms with Gasteiger partial charge in [0, 0.05) is 19.1 Å². The molecule has 1 unspecified atom stereocenters. The number of nitrogens with one attached hydrogen (secondary N) is 2. The Morgan fingerprint density at radius 3 is 2.86 bits per heavy atom. The molecule has 1 aliphatic heterocycles. The van der Waals surface area contributed by atoms with Crippen molar-refractivity contribution in [2.75, 3.05) is 13.2 Å². The molecular weight excluding hydrogens is 374 g/mol. The number of hydrogen-bond donors (Lipinski definition) is 3. The summed E-state index contributed by atoms with van der Waals surface area (Å²) in [5, 5.41) is 30.2. The lowest BCUT2D eigenvalue weighted by atomic mass is 10.1. The first kappa shape index (κ1) is 20.9. The van der Waals surface area contributed by atoms with Crippen molar-refractivity contribution in [2.24, 2.45) is 0 Å². The predicted octanol–water partition coefficient (Wildman–Crippen LogP) is 2.16. The van der Waals surface area contributed by atoms with Crippen LogP contribution in [0.3, 0.4) is 0 Å².